The predicted molar refractivity (Wildman–Crippen MR) is 64.6 cm³/mol. The molecular formula is C13H22N2O2. The van der Waals surface area contributed by atoms with E-state index in [0.717, 1.165) is 12.6 Å². The molecule has 3 rings (SSSR count). The van der Waals surface area contributed by atoms with Crippen LogP contribution in [0.4, 0.5) is 0 Å². The lowest BCUT2D eigenvalue weighted by atomic mass is 9.87. The van der Waals surface area contributed by atoms with Gasteiger partial charge in [-0.25, -0.2) is 0 Å². The van der Waals surface area contributed by atoms with Gasteiger partial charge in [0.05, 0.1) is 18.6 Å². The minimum Gasteiger partial charge on any atom is -0.379 e. The fourth-order valence-electron chi connectivity index (χ4n) is 2.79. The Morgan fingerprint density at radius 1 is 1.41 bits per heavy atom. The van der Waals surface area contributed by atoms with Crippen molar-refractivity contribution >= 4 is 5.91 Å². The van der Waals surface area contributed by atoms with Crippen molar-refractivity contribution in [3.63, 3.8) is 0 Å². The molecular weight excluding hydrogens is 216 g/mol. The molecule has 0 bridgehead atoms. The highest BCUT2D eigenvalue weighted by Gasteiger charge is 2.41. The molecule has 0 aromatic heterocycles. The number of likely N-dealkylation sites (tertiary alicyclic amines) is 1. The molecule has 1 aliphatic carbocycles. The lowest BCUT2D eigenvalue weighted by Crippen LogP contribution is -2.52. The number of hydrogen-bond donors (Lipinski definition) is 1. The Balaban J connectivity index is 1.41. The summed E-state index contributed by atoms with van der Waals surface area (Å²) in [6, 6.07) is 0.869. The first kappa shape index (κ1) is 11.5. The second-order valence-corrected chi connectivity index (χ2v) is 6.14. The fourth-order valence-corrected chi connectivity index (χ4v) is 2.79. The molecule has 4 nitrogen and oxygen atoms in total. The highest BCUT2D eigenvalue weighted by atomic mass is 16.5. The highest BCUT2D eigenvalue weighted by Crippen LogP contribution is 2.31. The van der Waals surface area contributed by atoms with E-state index in [0.29, 0.717) is 19.1 Å². The number of carbonyl (C=O) groups excluding carboxylic acids is 1. The minimum absolute atomic E-state index is 0.175. The summed E-state index contributed by atoms with van der Waals surface area (Å²) in [7, 11) is 0. The van der Waals surface area contributed by atoms with Gasteiger partial charge in [-0.15, -0.1) is 0 Å². The van der Waals surface area contributed by atoms with E-state index in [1.54, 1.807) is 0 Å². The Hall–Kier alpha value is -0.610. The van der Waals surface area contributed by atoms with Crippen molar-refractivity contribution in [2.24, 2.45) is 11.3 Å². The molecule has 2 heterocycles. The van der Waals surface area contributed by atoms with Crippen molar-refractivity contribution in [2.75, 3.05) is 32.8 Å². The van der Waals surface area contributed by atoms with Crippen LogP contribution in [0.5, 0.6) is 0 Å². The van der Waals surface area contributed by atoms with Crippen LogP contribution in [0.2, 0.25) is 0 Å². The number of rotatable bonds is 4. The maximum atomic E-state index is 11.9. The number of amides is 1. The molecule has 2 saturated heterocycles. The Kier molecular flexibility index (Phi) is 2.87. The SMILES string of the molecule is CC1(C(=O)NCC2CCN(C3CC3)C2)COC1. The summed E-state index contributed by atoms with van der Waals surface area (Å²) in [5.74, 6) is 0.831. The minimum atomic E-state index is -0.255. The molecule has 3 aliphatic rings. The molecule has 1 amide bonds. The van der Waals surface area contributed by atoms with Gasteiger partial charge in [-0.3, -0.25) is 4.79 Å². The van der Waals surface area contributed by atoms with Crippen molar-refractivity contribution < 1.29 is 9.53 Å². The van der Waals surface area contributed by atoms with E-state index >= 15 is 0 Å². The number of nitrogens with zero attached hydrogens (tertiary/aromatic N) is 1. The summed E-state index contributed by atoms with van der Waals surface area (Å²) in [6.07, 6.45) is 4.01. The molecule has 0 aromatic rings. The monoisotopic (exact) mass is 238 g/mol. The van der Waals surface area contributed by atoms with Crippen LogP contribution in [0, 0.1) is 11.3 Å². The maximum absolute atomic E-state index is 11.9. The van der Waals surface area contributed by atoms with Crippen LogP contribution in [0.15, 0.2) is 0 Å². The molecule has 17 heavy (non-hydrogen) atoms. The van der Waals surface area contributed by atoms with Crippen molar-refractivity contribution in [1.82, 2.24) is 10.2 Å². The summed E-state index contributed by atoms with van der Waals surface area (Å²) in [4.78, 5) is 14.5. The van der Waals surface area contributed by atoms with Gasteiger partial charge in [0.2, 0.25) is 5.91 Å². The molecule has 4 heteroatoms. The topological polar surface area (TPSA) is 41.6 Å². The number of hydrogen-bond acceptors (Lipinski definition) is 3. The van der Waals surface area contributed by atoms with E-state index in [2.05, 4.69) is 10.2 Å². The fraction of sp³-hybridized carbons (Fsp3) is 0.923. The second-order valence-electron chi connectivity index (χ2n) is 6.14. The van der Waals surface area contributed by atoms with Crippen LogP contribution < -0.4 is 5.32 Å². The van der Waals surface area contributed by atoms with Crippen molar-refractivity contribution in [1.29, 1.82) is 0 Å². The predicted octanol–water partition coefficient (Wildman–Crippen LogP) is 0.623. The van der Waals surface area contributed by atoms with E-state index in [1.807, 2.05) is 6.92 Å². The van der Waals surface area contributed by atoms with Gasteiger partial charge in [0, 0.05) is 19.1 Å². The lowest BCUT2D eigenvalue weighted by Gasteiger charge is -2.36. The van der Waals surface area contributed by atoms with Gasteiger partial charge in [-0.05, 0) is 38.6 Å². The smallest absolute Gasteiger partial charge is 0.230 e. The quantitative estimate of drug-likeness (QED) is 0.781. The normalized spacial score (nSPS) is 32.2. The number of ether oxygens (including phenoxy) is 1. The zero-order chi connectivity index (χ0) is 11.9. The first-order valence-corrected chi connectivity index (χ1v) is 6.77. The Morgan fingerprint density at radius 3 is 2.76 bits per heavy atom. The zero-order valence-electron chi connectivity index (χ0n) is 10.6. The van der Waals surface area contributed by atoms with Gasteiger partial charge in [0.25, 0.3) is 0 Å². The molecule has 1 N–H and O–H groups in total. The molecule has 3 fully saturated rings. The van der Waals surface area contributed by atoms with Crippen LogP contribution >= 0.6 is 0 Å². The standard InChI is InChI=1S/C13H22N2O2/c1-13(8-17-9-13)12(16)14-6-10-4-5-15(7-10)11-2-3-11/h10-11H,2-9H2,1H3,(H,14,16). The molecule has 1 unspecified atom stereocenters. The van der Waals surface area contributed by atoms with Gasteiger partial charge >= 0.3 is 0 Å². The lowest BCUT2D eigenvalue weighted by molar-refractivity contribution is -0.157. The summed E-state index contributed by atoms with van der Waals surface area (Å²) < 4.78 is 5.12. The molecule has 0 aromatic carbocycles. The van der Waals surface area contributed by atoms with Crippen LogP contribution in [0.25, 0.3) is 0 Å². The van der Waals surface area contributed by atoms with Crippen molar-refractivity contribution in [3.8, 4) is 0 Å². The average Bonchev–Trinajstić information content (AvgIpc) is 3.03. The summed E-state index contributed by atoms with van der Waals surface area (Å²) >= 11 is 0. The molecule has 1 atom stereocenters. The Labute approximate surface area is 103 Å². The molecule has 1 saturated carbocycles. The molecule has 0 radical (unpaired) electrons. The summed E-state index contributed by atoms with van der Waals surface area (Å²) in [5.41, 5.74) is -0.255. The third-order valence-corrected chi connectivity index (χ3v) is 4.32. The van der Waals surface area contributed by atoms with Gasteiger partial charge in [0.15, 0.2) is 0 Å². The average molecular weight is 238 g/mol. The van der Waals surface area contributed by atoms with Gasteiger partial charge in [-0.2, -0.15) is 0 Å². The largest absolute Gasteiger partial charge is 0.379 e. The molecule has 0 spiro atoms. The zero-order valence-corrected chi connectivity index (χ0v) is 10.6. The van der Waals surface area contributed by atoms with E-state index in [1.165, 1.54) is 32.4 Å². The van der Waals surface area contributed by atoms with Crippen LogP contribution in [0.3, 0.4) is 0 Å². The summed E-state index contributed by atoms with van der Waals surface area (Å²) in [6.45, 7) is 6.40. The summed E-state index contributed by atoms with van der Waals surface area (Å²) in [5, 5.41) is 3.10. The van der Waals surface area contributed by atoms with Gasteiger partial charge < -0.3 is 15.0 Å². The first-order valence-electron chi connectivity index (χ1n) is 6.77. The third-order valence-electron chi connectivity index (χ3n) is 4.32. The highest BCUT2D eigenvalue weighted by molar-refractivity contribution is 5.83. The second kappa shape index (κ2) is 4.25. The van der Waals surface area contributed by atoms with E-state index < -0.39 is 0 Å². The van der Waals surface area contributed by atoms with Gasteiger partial charge in [-0.1, -0.05) is 0 Å². The van der Waals surface area contributed by atoms with Gasteiger partial charge in [0.1, 0.15) is 0 Å². The van der Waals surface area contributed by atoms with E-state index in [9.17, 15) is 4.79 Å². The Morgan fingerprint density at radius 2 is 2.18 bits per heavy atom. The van der Waals surface area contributed by atoms with E-state index in [-0.39, 0.29) is 11.3 Å². The van der Waals surface area contributed by atoms with E-state index in [4.69, 9.17) is 4.74 Å². The number of carbonyl (C=O) groups is 1. The number of nitrogens with one attached hydrogen (secondary N) is 1. The van der Waals surface area contributed by atoms with Crippen molar-refractivity contribution in [2.45, 2.75) is 32.2 Å². The van der Waals surface area contributed by atoms with Crippen molar-refractivity contribution in [3.05, 3.63) is 0 Å². The van der Waals surface area contributed by atoms with Crippen LogP contribution in [-0.2, 0) is 9.53 Å². The Bertz CT molecular complexity index is 311. The first-order chi connectivity index (χ1) is 8.17. The molecule has 96 valence electrons. The third kappa shape index (κ3) is 2.33. The maximum Gasteiger partial charge on any atom is 0.230 e. The van der Waals surface area contributed by atoms with Crippen LogP contribution in [0.1, 0.15) is 26.2 Å². The van der Waals surface area contributed by atoms with Crippen LogP contribution in [-0.4, -0.2) is 49.7 Å². The molecule has 2 aliphatic heterocycles.